The molecule has 0 unspecified atom stereocenters. The van der Waals surface area contributed by atoms with Crippen LogP contribution in [0.5, 0.6) is 0 Å². The molecule has 1 amide bonds. The monoisotopic (exact) mass is 296 g/mol. The summed E-state index contributed by atoms with van der Waals surface area (Å²) < 4.78 is 0.973. The number of nitrogens with one attached hydrogen (secondary N) is 1. The lowest BCUT2D eigenvalue weighted by molar-refractivity contribution is 0.0916. The van der Waals surface area contributed by atoms with Gasteiger partial charge in [0.05, 0.1) is 5.69 Å². The molecule has 2 rings (SSSR count). The Bertz CT molecular complexity index is 634. The standard InChI is InChI=1S/C14H17ClN2OS/c1-4-14(2,3)17-13(18)12-11(16)9-7-8(15)5-6-10(9)19-12/h5-7H,4,16H2,1-3H3,(H,17,18). The van der Waals surface area contributed by atoms with Crippen LogP contribution in [0, 0.1) is 0 Å². The van der Waals surface area contributed by atoms with Gasteiger partial charge in [-0.25, -0.2) is 0 Å². The minimum Gasteiger partial charge on any atom is -0.397 e. The van der Waals surface area contributed by atoms with Gasteiger partial charge in [0.2, 0.25) is 0 Å². The first kappa shape index (κ1) is 14.2. The van der Waals surface area contributed by atoms with E-state index >= 15 is 0 Å². The van der Waals surface area contributed by atoms with Gasteiger partial charge in [-0.15, -0.1) is 11.3 Å². The predicted octanol–water partition coefficient (Wildman–Crippen LogP) is 4.06. The zero-order valence-corrected chi connectivity index (χ0v) is 12.8. The second-order valence-corrected chi connectivity index (χ2v) is 6.67. The fourth-order valence-corrected chi connectivity index (χ4v) is 2.88. The van der Waals surface area contributed by atoms with E-state index in [2.05, 4.69) is 5.32 Å². The summed E-state index contributed by atoms with van der Waals surface area (Å²) in [5, 5.41) is 4.46. The molecule has 3 N–H and O–H groups in total. The Morgan fingerprint density at radius 1 is 1.47 bits per heavy atom. The van der Waals surface area contributed by atoms with Crippen molar-refractivity contribution in [2.24, 2.45) is 0 Å². The molecule has 19 heavy (non-hydrogen) atoms. The lowest BCUT2D eigenvalue weighted by Gasteiger charge is -2.24. The van der Waals surface area contributed by atoms with Crippen LogP contribution in [0.3, 0.4) is 0 Å². The summed E-state index contributed by atoms with van der Waals surface area (Å²) in [5.41, 5.74) is 6.33. The second kappa shape index (κ2) is 5.02. The Balaban J connectivity index is 2.40. The summed E-state index contributed by atoms with van der Waals surface area (Å²) in [6, 6.07) is 5.49. The molecule has 0 radical (unpaired) electrons. The molecule has 1 aromatic heterocycles. The highest BCUT2D eigenvalue weighted by molar-refractivity contribution is 7.21. The van der Waals surface area contributed by atoms with Crippen LogP contribution in [-0.4, -0.2) is 11.4 Å². The highest BCUT2D eigenvalue weighted by Gasteiger charge is 2.22. The van der Waals surface area contributed by atoms with Crippen molar-refractivity contribution in [2.45, 2.75) is 32.7 Å². The lowest BCUT2D eigenvalue weighted by atomic mass is 10.0. The minimum atomic E-state index is -0.239. The first-order chi connectivity index (χ1) is 8.84. The van der Waals surface area contributed by atoms with Gasteiger partial charge < -0.3 is 11.1 Å². The van der Waals surface area contributed by atoms with E-state index in [-0.39, 0.29) is 11.4 Å². The number of carbonyl (C=O) groups is 1. The van der Waals surface area contributed by atoms with Crippen molar-refractivity contribution in [2.75, 3.05) is 5.73 Å². The Morgan fingerprint density at radius 3 is 2.79 bits per heavy atom. The summed E-state index contributed by atoms with van der Waals surface area (Å²) in [7, 11) is 0. The Labute approximate surface area is 121 Å². The van der Waals surface area contributed by atoms with Gasteiger partial charge in [-0.2, -0.15) is 0 Å². The van der Waals surface area contributed by atoms with Crippen LogP contribution in [-0.2, 0) is 0 Å². The van der Waals surface area contributed by atoms with Gasteiger partial charge >= 0.3 is 0 Å². The van der Waals surface area contributed by atoms with Crippen molar-refractivity contribution < 1.29 is 4.79 Å². The molecule has 0 aliphatic carbocycles. The Hall–Kier alpha value is -1.26. The molecule has 0 aliphatic rings. The van der Waals surface area contributed by atoms with E-state index in [0.717, 1.165) is 16.5 Å². The average molecular weight is 297 g/mol. The van der Waals surface area contributed by atoms with E-state index in [4.69, 9.17) is 17.3 Å². The number of nitrogens with two attached hydrogens (primary N) is 1. The summed E-state index contributed by atoms with van der Waals surface area (Å²) >= 11 is 7.35. The predicted molar refractivity (Wildman–Crippen MR) is 83.1 cm³/mol. The maximum Gasteiger partial charge on any atom is 0.263 e. The van der Waals surface area contributed by atoms with Crippen molar-refractivity contribution >= 4 is 44.6 Å². The van der Waals surface area contributed by atoms with Crippen LogP contribution < -0.4 is 11.1 Å². The summed E-state index contributed by atoms with van der Waals surface area (Å²) in [5.74, 6) is -0.123. The fourth-order valence-electron chi connectivity index (χ4n) is 1.71. The fraction of sp³-hybridized carbons (Fsp3) is 0.357. The molecule has 0 spiro atoms. The van der Waals surface area contributed by atoms with Crippen LogP contribution >= 0.6 is 22.9 Å². The van der Waals surface area contributed by atoms with Crippen LogP contribution in [0.25, 0.3) is 10.1 Å². The van der Waals surface area contributed by atoms with Gasteiger partial charge in [0.25, 0.3) is 5.91 Å². The average Bonchev–Trinajstić information content (AvgIpc) is 2.66. The number of benzene rings is 1. The molecule has 0 saturated carbocycles. The molecular formula is C14H17ClN2OS. The highest BCUT2D eigenvalue weighted by atomic mass is 35.5. The van der Waals surface area contributed by atoms with Crippen molar-refractivity contribution in [1.82, 2.24) is 5.32 Å². The number of carbonyl (C=O) groups excluding carboxylic acids is 1. The van der Waals surface area contributed by atoms with E-state index in [1.165, 1.54) is 11.3 Å². The van der Waals surface area contributed by atoms with Gasteiger partial charge in [0, 0.05) is 20.6 Å². The third-order valence-electron chi connectivity index (χ3n) is 3.23. The topological polar surface area (TPSA) is 55.1 Å². The number of amides is 1. The van der Waals surface area contributed by atoms with Crippen LogP contribution in [0.15, 0.2) is 18.2 Å². The molecule has 0 bridgehead atoms. The number of nitrogen functional groups attached to an aromatic ring is 1. The van der Waals surface area contributed by atoms with Gasteiger partial charge in [0.1, 0.15) is 4.88 Å². The largest absolute Gasteiger partial charge is 0.397 e. The number of anilines is 1. The molecule has 5 heteroatoms. The van der Waals surface area contributed by atoms with Crippen LogP contribution in [0.4, 0.5) is 5.69 Å². The number of fused-ring (bicyclic) bond motifs is 1. The molecule has 0 fully saturated rings. The van der Waals surface area contributed by atoms with Gasteiger partial charge in [-0.1, -0.05) is 18.5 Å². The van der Waals surface area contributed by atoms with Crippen molar-refractivity contribution in [3.05, 3.63) is 28.1 Å². The van der Waals surface area contributed by atoms with Gasteiger partial charge in [-0.3, -0.25) is 4.79 Å². The highest BCUT2D eigenvalue weighted by Crippen LogP contribution is 2.35. The number of halogens is 1. The SMILES string of the molecule is CCC(C)(C)NC(=O)c1sc2ccc(Cl)cc2c1N. The van der Waals surface area contributed by atoms with Crippen LogP contribution in [0.1, 0.15) is 36.9 Å². The van der Waals surface area contributed by atoms with E-state index in [1.54, 1.807) is 12.1 Å². The Kier molecular flexibility index (Phi) is 3.74. The van der Waals surface area contributed by atoms with E-state index in [1.807, 2.05) is 26.8 Å². The number of hydrogen-bond acceptors (Lipinski definition) is 3. The van der Waals surface area contributed by atoms with Crippen molar-refractivity contribution in [3.8, 4) is 0 Å². The second-order valence-electron chi connectivity index (χ2n) is 5.18. The molecule has 3 nitrogen and oxygen atoms in total. The molecule has 1 aromatic carbocycles. The molecular weight excluding hydrogens is 280 g/mol. The van der Waals surface area contributed by atoms with Gasteiger partial charge in [0.15, 0.2) is 0 Å². The maximum absolute atomic E-state index is 12.3. The number of thiophene rings is 1. The first-order valence-corrected chi connectivity index (χ1v) is 7.33. The summed E-state index contributed by atoms with van der Waals surface area (Å²) in [4.78, 5) is 12.8. The van der Waals surface area contributed by atoms with E-state index in [0.29, 0.717) is 15.6 Å². The van der Waals surface area contributed by atoms with E-state index < -0.39 is 0 Å². The molecule has 1 heterocycles. The number of hydrogen-bond donors (Lipinski definition) is 2. The quantitative estimate of drug-likeness (QED) is 0.897. The van der Waals surface area contributed by atoms with Crippen molar-refractivity contribution in [3.63, 3.8) is 0 Å². The normalized spacial score (nSPS) is 11.8. The minimum absolute atomic E-state index is 0.123. The van der Waals surface area contributed by atoms with Crippen LogP contribution in [0.2, 0.25) is 5.02 Å². The maximum atomic E-state index is 12.3. The summed E-state index contributed by atoms with van der Waals surface area (Å²) in [6.45, 7) is 6.02. The first-order valence-electron chi connectivity index (χ1n) is 6.14. The molecule has 0 saturated heterocycles. The van der Waals surface area contributed by atoms with Crippen molar-refractivity contribution in [1.29, 1.82) is 0 Å². The summed E-state index contributed by atoms with van der Waals surface area (Å²) in [6.07, 6.45) is 0.857. The molecule has 0 atom stereocenters. The number of rotatable bonds is 3. The third-order valence-corrected chi connectivity index (χ3v) is 4.65. The molecule has 2 aromatic rings. The van der Waals surface area contributed by atoms with Gasteiger partial charge in [-0.05, 0) is 38.5 Å². The van der Waals surface area contributed by atoms with E-state index in [9.17, 15) is 4.79 Å². The molecule has 102 valence electrons. The third kappa shape index (κ3) is 2.85. The smallest absolute Gasteiger partial charge is 0.263 e. The zero-order chi connectivity index (χ0) is 14.2. The lowest BCUT2D eigenvalue weighted by Crippen LogP contribution is -2.42. The molecule has 0 aliphatic heterocycles. The Morgan fingerprint density at radius 2 is 2.16 bits per heavy atom. The zero-order valence-electron chi connectivity index (χ0n) is 11.2.